The molecular weight excluding hydrogens is 298 g/mol. The largest absolute Gasteiger partial charge is 0.306 e. The summed E-state index contributed by atoms with van der Waals surface area (Å²) in [5.74, 6) is 0. The van der Waals surface area contributed by atoms with Gasteiger partial charge in [-0.15, -0.1) is 11.3 Å². The fourth-order valence-corrected chi connectivity index (χ4v) is 3.50. The van der Waals surface area contributed by atoms with Crippen molar-refractivity contribution in [2.75, 3.05) is 6.54 Å². The summed E-state index contributed by atoms with van der Waals surface area (Å²) >= 11 is 7.76. The number of benzene rings is 1. The second kappa shape index (κ2) is 6.95. The van der Waals surface area contributed by atoms with Gasteiger partial charge in [0.15, 0.2) is 0 Å². The summed E-state index contributed by atoms with van der Waals surface area (Å²) in [4.78, 5) is 1.27. The second-order valence-corrected chi connectivity index (χ2v) is 8.15. The summed E-state index contributed by atoms with van der Waals surface area (Å²) in [6, 6.07) is 13.3. The number of thiophene rings is 1. The van der Waals surface area contributed by atoms with E-state index in [4.69, 9.17) is 11.6 Å². The Morgan fingerprint density at radius 1 is 1.10 bits per heavy atom. The highest BCUT2D eigenvalue weighted by Crippen LogP contribution is 2.32. The van der Waals surface area contributed by atoms with Gasteiger partial charge in [0, 0.05) is 4.88 Å². The van der Waals surface area contributed by atoms with E-state index in [1.807, 2.05) is 6.07 Å². The van der Waals surface area contributed by atoms with Crippen LogP contribution < -0.4 is 5.32 Å². The summed E-state index contributed by atoms with van der Waals surface area (Å²) in [6.07, 6.45) is 1.12. The maximum Gasteiger partial charge on any atom is 0.0931 e. The average molecular weight is 322 g/mol. The van der Waals surface area contributed by atoms with Gasteiger partial charge in [-0.1, -0.05) is 63.6 Å². The number of hydrogen-bond acceptors (Lipinski definition) is 2. The zero-order valence-electron chi connectivity index (χ0n) is 13.2. The Balaban J connectivity index is 2.28. The quantitative estimate of drug-likeness (QED) is 0.735. The molecule has 0 aliphatic carbocycles. The Kier molecular flexibility index (Phi) is 5.48. The molecule has 0 saturated heterocycles. The highest BCUT2D eigenvalue weighted by molar-refractivity contribution is 7.16. The smallest absolute Gasteiger partial charge is 0.0931 e. The molecule has 0 radical (unpaired) electrons. The predicted octanol–water partition coefficient (Wildman–Crippen LogP) is 5.79. The summed E-state index contributed by atoms with van der Waals surface area (Å²) in [5.41, 5.74) is 2.86. The number of hydrogen-bond donors (Lipinski definition) is 1. The summed E-state index contributed by atoms with van der Waals surface area (Å²) in [6.45, 7) is 9.92. The number of nitrogens with one attached hydrogen (secondary N) is 1. The lowest BCUT2D eigenvalue weighted by molar-refractivity contribution is 0.585. The second-order valence-electron chi connectivity index (χ2n) is 6.40. The third-order valence-corrected chi connectivity index (χ3v) is 4.88. The molecule has 1 nitrogen and oxygen atoms in total. The van der Waals surface area contributed by atoms with Crippen molar-refractivity contribution >= 4 is 22.9 Å². The lowest BCUT2D eigenvalue weighted by Crippen LogP contribution is -2.22. The van der Waals surface area contributed by atoms with Crippen molar-refractivity contribution in [3.63, 3.8) is 0 Å². The number of halogens is 1. The van der Waals surface area contributed by atoms with Crippen molar-refractivity contribution in [2.24, 2.45) is 0 Å². The van der Waals surface area contributed by atoms with Gasteiger partial charge in [-0.3, -0.25) is 0 Å². The van der Waals surface area contributed by atoms with Gasteiger partial charge in [0.05, 0.1) is 10.4 Å². The average Bonchev–Trinajstić information content (AvgIpc) is 2.85. The molecule has 2 aromatic rings. The van der Waals surface area contributed by atoms with E-state index in [-0.39, 0.29) is 11.5 Å². The fraction of sp³-hybridized carbons (Fsp3) is 0.444. The lowest BCUT2D eigenvalue weighted by atomic mass is 9.86. The molecule has 1 N–H and O–H groups in total. The zero-order valence-corrected chi connectivity index (χ0v) is 14.8. The van der Waals surface area contributed by atoms with Crippen LogP contribution in [-0.4, -0.2) is 6.54 Å². The summed E-state index contributed by atoms with van der Waals surface area (Å²) in [5, 5.41) is 3.63. The SMILES string of the molecule is CCCNC(c1ccc(C(C)(C)C)cc1)c1ccc(Cl)s1. The van der Waals surface area contributed by atoms with Crippen molar-refractivity contribution < 1.29 is 0 Å². The minimum Gasteiger partial charge on any atom is -0.306 e. The Morgan fingerprint density at radius 2 is 1.76 bits per heavy atom. The third-order valence-electron chi connectivity index (χ3n) is 3.59. The van der Waals surface area contributed by atoms with E-state index >= 15 is 0 Å². The van der Waals surface area contributed by atoms with Gasteiger partial charge in [0.2, 0.25) is 0 Å². The monoisotopic (exact) mass is 321 g/mol. The first-order valence-electron chi connectivity index (χ1n) is 7.51. The highest BCUT2D eigenvalue weighted by atomic mass is 35.5. The van der Waals surface area contributed by atoms with Crippen LogP contribution >= 0.6 is 22.9 Å². The molecule has 0 amide bonds. The Hall–Kier alpha value is -0.830. The molecule has 0 fully saturated rings. The predicted molar refractivity (Wildman–Crippen MR) is 94.6 cm³/mol. The van der Waals surface area contributed by atoms with Crippen LogP contribution in [0.25, 0.3) is 0 Å². The van der Waals surface area contributed by atoms with Crippen molar-refractivity contribution in [1.29, 1.82) is 0 Å². The van der Waals surface area contributed by atoms with E-state index in [1.165, 1.54) is 16.0 Å². The zero-order chi connectivity index (χ0) is 15.5. The maximum absolute atomic E-state index is 6.10. The molecule has 114 valence electrons. The lowest BCUT2D eigenvalue weighted by Gasteiger charge is -2.22. The van der Waals surface area contributed by atoms with E-state index in [9.17, 15) is 0 Å². The van der Waals surface area contributed by atoms with Gasteiger partial charge in [0.25, 0.3) is 0 Å². The van der Waals surface area contributed by atoms with Gasteiger partial charge in [0.1, 0.15) is 0 Å². The van der Waals surface area contributed by atoms with Crippen molar-refractivity contribution in [3.8, 4) is 0 Å². The van der Waals surface area contributed by atoms with Crippen molar-refractivity contribution in [2.45, 2.75) is 45.6 Å². The van der Waals surface area contributed by atoms with Crippen LogP contribution in [0.4, 0.5) is 0 Å². The molecule has 0 spiro atoms. The minimum absolute atomic E-state index is 0.192. The third kappa shape index (κ3) is 4.32. The van der Waals surface area contributed by atoms with Gasteiger partial charge in [-0.05, 0) is 41.6 Å². The van der Waals surface area contributed by atoms with Gasteiger partial charge in [-0.25, -0.2) is 0 Å². The number of rotatable bonds is 5. The Morgan fingerprint density at radius 3 is 2.24 bits per heavy atom. The summed E-state index contributed by atoms with van der Waals surface area (Å²) in [7, 11) is 0. The molecule has 0 bridgehead atoms. The Bertz CT molecular complexity index is 566. The van der Waals surface area contributed by atoms with Crippen LogP contribution in [0.3, 0.4) is 0 Å². The minimum atomic E-state index is 0.192. The van der Waals surface area contributed by atoms with Gasteiger partial charge < -0.3 is 5.32 Å². The molecule has 3 heteroatoms. The van der Waals surface area contributed by atoms with E-state index in [0.717, 1.165) is 17.3 Å². The highest BCUT2D eigenvalue weighted by Gasteiger charge is 2.18. The van der Waals surface area contributed by atoms with E-state index < -0.39 is 0 Å². The van der Waals surface area contributed by atoms with E-state index in [1.54, 1.807) is 11.3 Å². The van der Waals surface area contributed by atoms with Crippen LogP contribution in [0.2, 0.25) is 4.34 Å². The topological polar surface area (TPSA) is 12.0 Å². The molecule has 1 heterocycles. The first-order chi connectivity index (χ1) is 9.91. The normalized spacial score (nSPS) is 13.4. The Labute approximate surface area is 137 Å². The van der Waals surface area contributed by atoms with E-state index in [2.05, 4.69) is 63.3 Å². The van der Waals surface area contributed by atoms with Gasteiger partial charge in [-0.2, -0.15) is 0 Å². The first kappa shape index (κ1) is 16.5. The maximum atomic E-state index is 6.10. The van der Waals surface area contributed by atoms with Gasteiger partial charge >= 0.3 is 0 Å². The molecule has 0 saturated carbocycles. The summed E-state index contributed by atoms with van der Waals surface area (Å²) < 4.78 is 0.847. The molecule has 2 rings (SSSR count). The standard InChI is InChI=1S/C18H24ClNS/c1-5-12-20-17(15-10-11-16(19)21-15)13-6-8-14(9-7-13)18(2,3)4/h6-11,17,20H,5,12H2,1-4H3. The molecule has 1 unspecified atom stereocenters. The fourth-order valence-electron chi connectivity index (χ4n) is 2.33. The van der Waals surface area contributed by atoms with Crippen LogP contribution in [0.5, 0.6) is 0 Å². The van der Waals surface area contributed by atoms with Crippen molar-refractivity contribution in [3.05, 3.63) is 56.7 Å². The molecule has 0 aliphatic rings. The molecule has 21 heavy (non-hydrogen) atoms. The van der Waals surface area contributed by atoms with Crippen LogP contribution in [0.1, 0.15) is 56.2 Å². The van der Waals surface area contributed by atoms with Crippen molar-refractivity contribution in [1.82, 2.24) is 5.32 Å². The van der Waals surface area contributed by atoms with E-state index in [0.29, 0.717) is 0 Å². The molecule has 0 aliphatic heterocycles. The molecule has 1 aromatic carbocycles. The van der Waals surface area contributed by atoms with Crippen LogP contribution in [0.15, 0.2) is 36.4 Å². The van der Waals surface area contributed by atoms with Crippen LogP contribution in [0, 0.1) is 0 Å². The first-order valence-corrected chi connectivity index (χ1v) is 8.70. The molecular formula is C18H24ClNS. The van der Waals surface area contributed by atoms with Crippen LogP contribution in [-0.2, 0) is 5.41 Å². The molecule has 1 atom stereocenters. The molecule has 1 aromatic heterocycles.